The molecule has 0 aliphatic carbocycles. The molecule has 0 bridgehead atoms. The van der Waals surface area contributed by atoms with Crippen LogP contribution in [0.3, 0.4) is 0 Å². The van der Waals surface area contributed by atoms with Crippen molar-refractivity contribution in [3.05, 3.63) is 46.5 Å². The first kappa shape index (κ1) is 18.8. The lowest BCUT2D eigenvalue weighted by molar-refractivity contribution is 0.243. The number of fused-ring (bicyclic) bond motifs is 1. The number of hydrogen-bond acceptors (Lipinski definition) is 7. The van der Waals surface area contributed by atoms with E-state index in [0.29, 0.717) is 13.2 Å². The molecule has 0 unspecified atom stereocenters. The lowest BCUT2D eigenvalue weighted by Gasteiger charge is -2.19. The molecular weight excluding hydrogens is 382 g/mol. The molecule has 0 atom stereocenters. The van der Waals surface area contributed by atoms with Crippen LogP contribution >= 0.6 is 11.3 Å². The first-order chi connectivity index (χ1) is 13.6. The minimum absolute atomic E-state index is 0.0519. The summed E-state index contributed by atoms with van der Waals surface area (Å²) in [7, 11) is 0. The van der Waals surface area contributed by atoms with Gasteiger partial charge in [0.25, 0.3) is 6.08 Å². The van der Waals surface area contributed by atoms with Gasteiger partial charge in [-0.3, -0.25) is 5.01 Å². The zero-order valence-electron chi connectivity index (χ0n) is 15.4. The van der Waals surface area contributed by atoms with Gasteiger partial charge in [0, 0.05) is 40.2 Å². The van der Waals surface area contributed by atoms with E-state index in [1.807, 2.05) is 11.1 Å². The molecule has 6 nitrogen and oxygen atoms in total. The largest absolute Gasteiger partial charge is 0.370 e. The third-order valence-electron chi connectivity index (χ3n) is 4.80. The molecule has 28 heavy (non-hydrogen) atoms. The van der Waals surface area contributed by atoms with Gasteiger partial charge in [0.1, 0.15) is 18.8 Å². The van der Waals surface area contributed by atoms with E-state index in [1.165, 1.54) is 15.3 Å². The van der Waals surface area contributed by atoms with Crippen molar-refractivity contribution in [1.82, 2.24) is 14.9 Å². The molecule has 2 aliphatic heterocycles. The van der Waals surface area contributed by atoms with E-state index >= 15 is 0 Å². The summed E-state index contributed by atoms with van der Waals surface area (Å²) in [6, 6.07) is 6.42. The number of halogens is 2. The van der Waals surface area contributed by atoms with Gasteiger partial charge in [-0.05, 0) is 36.6 Å². The molecule has 0 fully saturated rings. The maximum absolute atomic E-state index is 12.8. The van der Waals surface area contributed by atoms with Crippen LogP contribution in [0.25, 0.3) is 10.4 Å². The first-order valence-corrected chi connectivity index (χ1v) is 10.0. The fourth-order valence-electron chi connectivity index (χ4n) is 3.33. The van der Waals surface area contributed by atoms with E-state index in [4.69, 9.17) is 5.73 Å². The second-order valence-corrected chi connectivity index (χ2v) is 8.05. The van der Waals surface area contributed by atoms with Crippen molar-refractivity contribution in [2.75, 3.05) is 31.6 Å². The zero-order valence-corrected chi connectivity index (χ0v) is 16.2. The Morgan fingerprint density at radius 1 is 1.32 bits per heavy atom. The fraction of sp³-hybridized carbons (Fsp3) is 0.368. The number of rotatable bonds is 6. The second-order valence-electron chi connectivity index (χ2n) is 6.88. The Kier molecular flexibility index (Phi) is 5.54. The molecule has 0 saturated heterocycles. The number of nitrogens with two attached hydrogens (primary N) is 1. The summed E-state index contributed by atoms with van der Waals surface area (Å²) in [5.74, 6) is 0.996. The molecule has 3 N–H and O–H groups in total. The predicted octanol–water partition coefficient (Wildman–Crippen LogP) is 3.30. The van der Waals surface area contributed by atoms with Crippen molar-refractivity contribution in [1.29, 1.82) is 0 Å². The van der Waals surface area contributed by atoms with Gasteiger partial charge < -0.3 is 16.0 Å². The second kappa shape index (κ2) is 8.24. The summed E-state index contributed by atoms with van der Waals surface area (Å²) in [6.07, 6.45) is 4.08. The predicted molar refractivity (Wildman–Crippen MR) is 108 cm³/mol. The molecule has 0 saturated carbocycles. The Morgan fingerprint density at radius 2 is 2.21 bits per heavy atom. The van der Waals surface area contributed by atoms with Crippen molar-refractivity contribution in [2.24, 2.45) is 10.8 Å². The lowest BCUT2D eigenvalue weighted by atomic mass is 10.0. The molecule has 0 amide bonds. The van der Waals surface area contributed by atoms with Crippen molar-refractivity contribution in [2.45, 2.75) is 19.4 Å². The normalized spacial score (nSPS) is 15.5. The highest BCUT2D eigenvalue weighted by atomic mass is 32.1. The summed E-state index contributed by atoms with van der Waals surface area (Å²) in [4.78, 5) is 8.91. The van der Waals surface area contributed by atoms with Crippen LogP contribution in [0.5, 0.6) is 0 Å². The van der Waals surface area contributed by atoms with E-state index in [2.05, 4.69) is 33.6 Å². The summed E-state index contributed by atoms with van der Waals surface area (Å²) in [5, 5.41) is 9.12. The number of nitrogens with zero attached hydrogens (tertiary/aromatic N) is 4. The monoisotopic (exact) mass is 404 g/mol. The Morgan fingerprint density at radius 3 is 3.04 bits per heavy atom. The first-order valence-electron chi connectivity index (χ1n) is 9.20. The van der Waals surface area contributed by atoms with Gasteiger partial charge in [-0.2, -0.15) is 13.9 Å². The van der Waals surface area contributed by atoms with Crippen LogP contribution in [0.2, 0.25) is 0 Å². The third kappa shape index (κ3) is 4.15. The summed E-state index contributed by atoms with van der Waals surface area (Å²) in [5.41, 5.74) is 7.70. The highest BCUT2D eigenvalue weighted by Gasteiger charge is 2.18. The summed E-state index contributed by atoms with van der Waals surface area (Å²) >= 11 is 1.72. The Hall–Kier alpha value is -2.52. The van der Waals surface area contributed by atoms with Crippen LogP contribution in [0, 0.1) is 0 Å². The maximum Gasteiger partial charge on any atom is 0.272 e. The topological polar surface area (TPSA) is 69.8 Å². The summed E-state index contributed by atoms with van der Waals surface area (Å²) in [6.45, 7) is 2.03. The van der Waals surface area contributed by atoms with Crippen molar-refractivity contribution < 1.29 is 8.78 Å². The Balaban J connectivity index is 1.38. The van der Waals surface area contributed by atoms with Crippen LogP contribution in [0.15, 0.2) is 41.2 Å². The molecule has 0 radical (unpaired) electrons. The van der Waals surface area contributed by atoms with Gasteiger partial charge in [0.2, 0.25) is 0 Å². The number of nitrogens with one attached hydrogen (secondary N) is 1. The molecule has 0 spiro atoms. The molecule has 0 aromatic carbocycles. The van der Waals surface area contributed by atoms with Crippen molar-refractivity contribution in [3.8, 4) is 10.4 Å². The fourth-order valence-corrected chi connectivity index (χ4v) is 4.35. The average Bonchev–Trinajstić information content (AvgIpc) is 3.35. The van der Waals surface area contributed by atoms with Gasteiger partial charge in [0.05, 0.1) is 13.1 Å². The molecular formula is C19H22F2N6S. The number of aromatic nitrogens is 1. The standard InChI is InChI=1S/C19H22F2N6S/c20-18(21)15(7-22)9-27-12-26(11-25-27)10-16-3-4-17(28-16)14-6-13-2-1-5-23-19(13)24-8-14/h3-4,6,8,11H,1-2,5,7,9-10,12,22H2,(H,23,24). The molecule has 9 heteroatoms. The molecule has 4 heterocycles. The lowest BCUT2D eigenvalue weighted by Crippen LogP contribution is -2.29. The van der Waals surface area contributed by atoms with Crippen LogP contribution in [-0.4, -0.2) is 47.5 Å². The van der Waals surface area contributed by atoms with E-state index in [1.54, 1.807) is 22.7 Å². The Bertz CT molecular complexity index is 906. The molecule has 2 aromatic heterocycles. The minimum atomic E-state index is -1.71. The number of hydrazone groups is 1. The SMILES string of the molecule is NCC(CN1CN(Cc2ccc(-c3cnc4c(c3)CCCN4)s2)C=N1)=C(F)F. The summed E-state index contributed by atoms with van der Waals surface area (Å²) < 4.78 is 25.5. The van der Waals surface area contributed by atoms with E-state index in [9.17, 15) is 8.78 Å². The highest BCUT2D eigenvalue weighted by Crippen LogP contribution is 2.31. The number of thiophene rings is 1. The van der Waals surface area contributed by atoms with Crippen LogP contribution in [0.1, 0.15) is 16.9 Å². The van der Waals surface area contributed by atoms with E-state index < -0.39 is 6.08 Å². The minimum Gasteiger partial charge on any atom is -0.370 e. The van der Waals surface area contributed by atoms with Gasteiger partial charge in [0.15, 0.2) is 0 Å². The number of aryl methyl sites for hydroxylation is 1. The number of anilines is 1. The molecule has 148 valence electrons. The smallest absolute Gasteiger partial charge is 0.272 e. The van der Waals surface area contributed by atoms with Gasteiger partial charge in [-0.25, -0.2) is 4.98 Å². The number of hydrogen-bond donors (Lipinski definition) is 2. The molecule has 2 aromatic rings. The van der Waals surface area contributed by atoms with Crippen LogP contribution in [-0.2, 0) is 13.0 Å². The molecule has 4 rings (SSSR count). The third-order valence-corrected chi connectivity index (χ3v) is 5.92. The van der Waals surface area contributed by atoms with Crippen LogP contribution < -0.4 is 11.1 Å². The van der Waals surface area contributed by atoms with Gasteiger partial charge in [-0.15, -0.1) is 11.3 Å². The van der Waals surface area contributed by atoms with Crippen molar-refractivity contribution in [3.63, 3.8) is 0 Å². The molecule has 2 aliphatic rings. The van der Waals surface area contributed by atoms with E-state index in [-0.39, 0.29) is 18.7 Å². The Labute approximate surface area is 166 Å². The van der Waals surface area contributed by atoms with Crippen molar-refractivity contribution >= 4 is 23.5 Å². The van der Waals surface area contributed by atoms with E-state index in [0.717, 1.165) is 30.8 Å². The van der Waals surface area contributed by atoms with Crippen LogP contribution in [0.4, 0.5) is 14.6 Å². The number of pyridine rings is 1. The zero-order chi connectivity index (χ0) is 19.5. The van der Waals surface area contributed by atoms with Gasteiger partial charge >= 0.3 is 0 Å². The van der Waals surface area contributed by atoms with Gasteiger partial charge in [-0.1, -0.05) is 0 Å². The maximum atomic E-state index is 12.8. The average molecular weight is 404 g/mol. The highest BCUT2D eigenvalue weighted by molar-refractivity contribution is 7.15. The quantitative estimate of drug-likeness (QED) is 0.773.